The van der Waals surface area contributed by atoms with E-state index in [1.165, 1.54) is 17.0 Å². The summed E-state index contributed by atoms with van der Waals surface area (Å²) in [6.45, 7) is 3.09. The van der Waals surface area contributed by atoms with E-state index in [2.05, 4.69) is 15.6 Å². The van der Waals surface area contributed by atoms with E-state index in [1.54, 1.807) is 26.1 Å². The van der Waals surface area contributed by atoms with Crippen LogP contribution < -0.4 is 16.4 Å². The Bertz CT molecular complexity index is 1550. The van der Waals surface area contributed by atoms with Crippen molar-refractivity contribution >= 4 is 29.2 Å². The molecule has 3 atom stereocenters. The standard InChI is InChI=1S/C30H29F2N5O3/c1-29(2)24(33)12-23(17-8-19(31)11-20(32)9-17)37(28(29)40)15-25(38)35-21-6-5-16-13-30(14-18(16)10-21)22-4-3-7-34-26(22)36-27(30)39/h3-11,23-24H,12-15,33H2,1-2H3,(H,35,38)(H,34,36,39)/t23-,24-,30+/m0/s1. The van der Waals surface area contributed by atoms with Crippen molar-refractivity contribution in [3.8, 4) is 0 Å². The van der Waals surface area contributed by atoms with Crippen molar-refractivity contribution in [1.82, 2.24) is 9.88 Å². The molecular formula is C30H29F2N5O3. The van der Waals surface area contributed by atoms with E-state index in [0.717, 1.165) is 22.8 Å². The molecular weight excluding hydrogens is 516 g/mol. The molecule has 10 heteroatoms. The van der Waals surface area contributed by atoms with Crippen LogP contribution >= 0.6 is 0 Å². The first kappa shape index (κ1) is 26.1. The van der Waals surface area contributed by atoms with Gasteiger partial charge in [-0.15, -0.1) is 0 Å². The fraction of sp³-hybridized carbons (Fsp3) is 0.333. The van der Waals surface area contributed by atoms with Crippen molar-refractivity contribution in [2.45, 2.75) is 50.6 Å². The third kappa shape index (κ3) is 4.14. The van der Waals surface area contributed by atoms with Crippen molar-refractivity contribution < 1.29 is 23.2 Å². The third-order valence-electron chi connectivity index (χ3n) is 8.64. The smallest absolute Gasteiger partial charge is 0.244 e. The van der Waals surface area contributed by atoms with E-state index >= 15 is 0 Å². The van der Waals surface area contributed by atoms with Gasteiger partial charge in [-0.05, 0) is 80.1 Å². The van der Waals surface area contributed by atoms with Crippen LogP contribution in [-0.2, 0) is 32.6 Å². The first-order chi connectivity index (χ1) is 19.0. The lowest BCUT2D eigenvalue weighted by atomic mass is 9.75. The number of nitrogens with two attached hydrogens (primary N) is 1. The fourth-order valence-corrected chi connectivity index (χ4v) is 6.30. The molecule has 4 N–H and O–H groups in total. The van der Waals surface area contributed by atoms with Gasteiger partial charge in [0.25, 0.3) is 0 Å². The number of anilines is 2. The number of aromatic nitrogens is 1. The number of pyridine rings is 1. The number of fused-ring (bicyclic) bond motifs is 3. The molecule has 3 heterocycles. The highest BCUT2D eigenvalue weighted by molar-refractivity contribution is 6.06. The number of piperidine rings is 1. The number of carbonyl (C=O) groups is 3. The second-order valence-electron chi connectivity index (χ2n) is 11.5. The Morgan fingerprint density at radius 1 is 1.10 bits per heavy atom. The number of nitrogens with one attached hydrogen (secondary N) is 2. The number of benzene rings is 2. The lowest BCUT2D eigenvalue weighted by Crippen LogP contribution is -2.58. The maximum absolute atomic E-state index is 14.0. The molecule has 1 saturated heterocycles. The minimum Gasteiger partial charge on any atom is -0.327 e. The molecule has 0 saturated carbocycles. The molecule has 2 aromatic carbocycles. The summed E-state index contributed by atoms with van der Waals surface area (Å²) in [6.07, 6.45) is 2.89. The number of likely N-dealkylation sites (tertiary alicyclic amines) is 1. The normalized spacial score (nSPS) is 24.6. The number of amides is 3. The number of halogens is 2. The van der Waals surface area contributed by atoms with Gasteiger partial charge in [-0.1, -0.05) is 12.1 Å². The Balaban J connectivity index is 1.23. The highest BCUT2D eigenvalue weighted by atomic mass is 19.1. The van der Waals surface area contributed by atoms with Crippen LogP contribution in [-0.4, -0.2) is 40.2 Å². The van der Waals surface area contributed by atoms with Gasteiger partial charge in [0.2, 0.25) is 17.7 Å². The minimum absolute atomic E-state index is 0.0905. The van der Waals surface area contributed by atoms with Gasteiger partial charge < -0.3 is 21.3 Å². The zero-order chi connectivity index (χ0) is 28.4. The summed E-state index contributed by atoms with van der Waals surface area (Å²) in [5.74, 6) is -1.87. The average Bonchev–Trinajstić information content (AvgIpc) is 3.41. The largest absolute Gasteiger partial charge is 0.327 e. The SMILES string of the molecule is CC1(C)C(=O)N(CC(=O)Nc2ccc3c(c2)C[C@@]2(C3)C(=O)Nc3ncccc32)[C@H](c2cc(F)cc(F)c2)C[C@@H]1N. The number of carbonyl (C=O) groups excluding carboxylic acids is 3. The van der Waals surface area contributed by atoms with Crippen molar-refractivity contribution in [2.24, 2.45) is 11.1 Å². The average molecular weight is 546 g/mol. The number of rotatable bonds is 4. The molecule has 2 aliphatic heterocycles. The number of hydrogen-bond donors (Lipinski definition) is 3. The van der Waals surface area contributed by atoms with Crippen LogP contribution in [0, 0.1) is 17.0 Å². The summed E-state index contributed by atoms with van der Waals surface area (Å²) in [5, 5.41) is 5.74. The first-order valence-corrected chi connectivity index (χ1v) is 13.2. The number of nitrogens with zero attached hydrogens (tertiary/aromatic N) is 2. The maximum Gasteiger partial charge on any atom is 0.244 e. The van der Waals surface area contributed by atoms with Crippen molar-refractivity contribution in [1.29, 1.82) is 0 Å². The van der Waals surface area contributed by atoms with Crippen LogP contribution in [0.15, 0.2) is 54.7 Å². The van der Waals surface area contributed by atoms with Gasteiger partial charge in [0, 0.05) is 29.6 Å². The summed E-state index contributed by atoms with van der Waals surface area (Å²) < 4.78 is 28.1. The quantitative estimate of drug-likeness (QED) is 0.463. The Hall–Kier alpha value is -4.18. The van der Waals surface area contributed by atoms with Gasteiger partial charge in [-0.2, -0.15) is 0 Å². The van der Waals surface area contributed by atoms with Gasteiger partial charge >= 0.3 is 0 Å². The Labute approximate surface area is 230 Å². The Morgan fingerprint density at radius 3 is 2.58 bits per heavy atom. The topological polar surface area (TPSA) is 117 Å². The van der Waals surface area contributed by atoms with E-state index < -0.39 is 40.5 Å². The summed E-state index contributed by atoms with van der Waals surface area (Å²) in [4.78, 5) is 45.3. The monoisotopic (exact) mass is 545 g/mol. The summed E-state index contributed by atoms with van der Waals surface area (Å²) in [6, 6.07) is 11.0. The highest BCUT2D eigenvalue weighted by Gasteiger charge is 2.51. The lowest BCUT2D eigenvalue weighted by molar-refractivity contribution is -0.151. The minimum atomic E-state index is -0.961. The summed E-state index contributed by atoms with van der Waals surface area (Å²) in [5.41, 5.74) is 8.20. The lowest BCUT2D eigenvalue weighted by Gasteiger charge is -2.46. The van der Waals surface area contributed by atoms with Crippen LogP contribution in [0.5, 0.6) is 0 Å². The summed E-state index contributed by atoms with van der Waals surface area (Å²) >= 11 is 0. The molecule has 206 valence electrons. The van der Waals surface area contributed by atoms with E-state index in [-0.39, 0.29) is 30.3 Å². The van der Waals surface area contributed by atoms with Crippen molar-refractivity contribution in [3.63, 3.8) is 0 Å². The maximum atomic E-state index is 14.0. The van der Waals surface area contributed by atoms with E-state index in [9.17, 15) is 23.2 Å². The van der Waals surface area contributed by atoms with Gasteiger partial charge in [-0.25, -0.2) is 13.8 Å². The molecule has 0 unspecified atom stereocenters. The molecule has 3 amide bonds. The van der Waals surface area contributed by atoms with Gasteiger partial charge in [0.15, 0.2) is 0 Å². The van der Waals surface area contributed by atoms with Crippen LogP contribution in [0.4, 0.5) is 20.3 Å². The fourth-order valence-electron chi connectivity index (χ4n) is 6.30. The molecule has 3 aliphatic rings. The van der Waals surface area contributed by atoms with E-state index in [4.69, 9.17) is 5.73 Å². The molecule has 1 spiro atoms. The van der Waals surface area contributed by atoms with Gasteiger partial charge in [-0.3, -0.25) is 14.4 Å². The predicted octanol–water partition coefficient (Wildman–Crippen LogP) is 3.61. The molecule has 1 aliphatic carbocycles. The third-order valence-corrected chi connectivity index (χ3v) is 8.64. The highest BCUT2D eigenvalue weighted by Crippen LogP contribution is 2.47. The first-order valence-electron chi connectivity index (χ1n) is 13.2. The van der Waals surface area contributed by atoms with Crippen LogP contribution in [0.3, 0.4) is 0 Å². The Morgan fingerprint density at radius 2 is 1.82 bits per heavy atom. The molecule has 6 rings (SSSR count). The summed E-state index contributed by atoms with van der Waals surface area (Å²) in [7, 11) is 0. The van der Waals surface area contributed by atoms with Crippen LogP contribution in [0.25, 0.3) is 0 Å². The van der Waals surface area contributed by atoms with E-state index in [1.807, 2.05) is 24.3 Å². The van der Waals surface area contributed by atoms with Gasteiger partial charge in [0.05, 0.1) is 16.9 Å². The molecule has 8 nitrogen and oxygen atoms in total. The second kappa shape index (κ2) is 9.19. The van der Waals surface area contributed by atoms with E-state index in [0.29, 0.717) is 24.3 Å². The van der Waals surface area contributed by atoms with Crippen molar-refractivity contribution in [2.75, 3.05) is 17.2 Å². The Kier molecular flexibility index (Phi) is 5.99. The zero-order valence-corrected chi connectivity index (χ0v) is 22.1. The predicted molar refractivity (Wildman–Crippen MR) is 144 cm³/mol. The molecule has 3 aromatic rings. The molecule has 0 bridgehead atoms. The van der Waals surface area contributed by atoms with Crippen LogP contribution in [0.2, 0.25) is 0 Å². The zero-order valence-electron chi connectivity index (χ0n) is 22.1. The second-order valence-corrected chi connectivity index (χ2v) is 11.5. The van der Waals surface area contributed by atoms with Crippen LogP contribution in [0.1, 0.15) is 48.6 Å². The number of hydrogen-bond acceptors (Lipinski definition) is 5. The molecule has 1 fully saturated rings. The van der Waals surface area contributed by atoms with Gasteiger partial charge in [0.1, 0.15) is 24.0 Å². The molecule has 40 heavy (non-hydrogen) atoms. The van der Waals surface area contributed by atoms with Crippen molar-refractivity contribution in [3.05, 3.63) is 88.6 Å². The molecule has 0 radical (unpaired) electrons. The molecule has 1 aromatic heterocycles.